The molecule has 0 saturated heterocycles. The fourth-order valence-electron chi connectivity index (χ4n) is 4.05. The molecule has 2 heterocycles. The van der Waals surface area contributed by atoms with E-state index in [9.17, 15) is 14.7 Å². The molecular formula is C25H25N5O4. The fraction of sp³-hybridized carbons (Fsp3) is 0.200. The van der Waals surface area contributed by atoms with Crippen LogP contribution < -0.4 is 21.4 Å². The van der Waals surface area contributed by atoms with Crippen molar-refractivity contribution < 1.29 is 9.84 Å². The van der Waals surface area contributed by atoms with Crippen LogP contribution in [0.3, 0.4) is 0 Å². The zero-order chi connectivity index (χ0) is 23.8. The van der Waals surface area contributed by atoms with Gasteiger partial charge in [-0.1, -0.05) is 18.2 Å². The number of hydrogen-bond donors (Lipinski definition) is 4. The molecule has 9 nitrogen and oxygen atoms in total. The van der Waals surface area contributed by atoms with Crippen molar-refractivity contribution in [2.75, 3.05) is 11.9 Å². The number of hydrogen-bond acceptors (Lipinski definition) is 5. The molecule has 4 N–H and O–H groups in total. The van der Waals surface area contributed by atoms with Crippen molar-refractivity contribution in [2.24, 2.45) is 14.1 Å². The molecule has 0 aliphatic heterocycles. The number of aryl methyl sites for hydroxylation is 2. The Labute approximate surface area is 194 Å². The van der Waals surface area contributed by atoms with Crippen molar-refractivity contribution in [1.29, 1.82) is 0 Å². The summed E-state index contributed by atoms with van der Waals surface area (Å²) in [6.07, 6.45) is -0.823. The maximum Gasteiger partial charge on any atom is 0.328 e. The molecule has 9 heteroatoms. The Kier molecular flexibility index (Phi) is 5.46. The monoisotopic (exact) mass is 459 g/mol. The van der Waals surface area contributed by atoms with Gasteiger partial charge in [-0.15, -0.1) is 0 Å². The van der Waals surface area contributed by atoms with Crippen LogP contribution in [0.4, 0.5) is 5.69 Å². The van der Waals surface area contributed by atoms with Gasteiger partial charge in [0.25, 0.3) is 0 Å². The van der Waals surface area contributed by atoms with Gasteiger partial charge in [-0.05, 0) is 53.6 Å². The summed E-state index contributed by atoms with van der Waals surface area (Å²) >= 11 is 0. The molecule has 0 aliphatic carbocycles. The smallest absolute Gasteiger partial charge is 0.328 e. The molecule has 0 spiro atoms. The van der Waals surface area contributed by atoms with Gasteiger partial charge in [-0.25, -0.2) is 9.59 Å². The zero-order valence-electron chi connectivity index (χ0n) is 18.8. The van der Waals surface area contributed by atoms with Gasteiger partial charge in [-0.2, -0.15) is 0 Å². The Morgan fingerprint density at radius 2 is 1.65 bits per heavy atom. The molecular weight excluding hydrogens is 434 g/mol. The first kappa shape index (κ1) is 21.6. The molecule has 34 heavy (non-hydrogen) atoms. The lowest BCUT2D eigenvalue weighted by atomic mass is 10.1. The lowest BCUT2D eigenvalue weighted by Crippen LogP contribution is -2.19. The SMILES string of the molecule is Cn1c(=O)n(C)c2cc(C(O)COc3ccc(CNc4ccc5[nH]c(=O)[nH]c5c4)cc3)ccc21. The number of fused-ring (bicyclic) bond motifs is 2. The minimum absolute atomic E-state index is 0.0960. The summed E-state index contributed by atoms with van der Waals surface area (Å²) in [6.45, 7) is 0.706. The lowest BCUT2D eigenvalue weighted by molar-refractivity contribution is 0.108. The molecule has 0 fully saturated rings. The molecule has 5 rings (SSSR count). The van der Waals surface area contributed by atoms with Crippen molar-refractivity contribution in [1.82, 2.24) is 19.1 Å². The van der Waals surface area contributed by atoms with Crippen LogP contribution >= 0.6 is 0 Å². The summed E-state index contributed by atoms with van der Waals surface area (Å²) in [5.74, 6) is 0.655. The highest BCUT2D eigenvalue weighted by Gasteiger charge is 2.13. The van der Waals surface area contributed by atoms with Gasteiger partial charge < -0.3 is 25.1 Å². The van der Waals surface area contributed by atoms with E-state index in [-0.39, 0.29) is 18.0 Å². The predicted octanol–water partition coefficient (Wildman–Crippen LogP) is 2.77. The van der Waals surface area contributed by atoms with Crippen LogP contribution in [-0.2, 0) is 20.6 Å². The number of aromatic nitrogens is 4. The first-order chi connectivity index (χ1) is 16.4. The van der Waals surface area contributed by atoms with Crippen molar-refractivity contribution in [3.05, 3.63) is 92.8 Å². The molecule has 2 aromatic heterocycles. The molecule has 1 unspecified atom stereocenters. The average Bonchev–Trinajstić information content (AvgIpc) is 3.33. The largest absolute Gasteiger partial charge is 0.491 e. The Morgan fingerprint density at radius 3 is 2.44 bits per heavy atom. The molecule has 1 atom stereocenters. The number of aliphatic hydroxyl groups excluding tert-OH is 1. The molecule has 0 aliphatic rings. The van der Waals surface area contributed by atoms with Crippen LogP contribution in [0.2, 0.25) is 0 Å². The van der Waals surface area contributed by atoms with Gasteiger partial charge in [0.15, 0.2) is 0 Å². The number of anilines is 1. The minimum atomic E-state index is -0.823. The Hall–Kier alpha value is -4.24. The van der Waals surface area contributed by atoms with Gasteiger partial charge >= 0.3 is 11.4 Å². The van der Waals surface area contributed by atoms with Crippen LogP contribution in [0.15, 0.2) is 70.3 Å². The van der Waals surface area contributed by atoms with Gasteiger partial charge in [0.2, 0.25) is 0 Å². The maximum atomic E-state index is 12.1. The number of nitrogens with one attached hydrogen (secondary N) is 3. The van der Waals surface area contributed by atoms with E-state index in [0.717, 1.165) is 33.3 Å². The fourth-order valence-corrected chi connectivity index (χ4v) is 4.05. The summed E-state index contributed by atoms with van der Waals surface area (Å²) in [5, 5.41) is 13.9. The van der Waals surface area contributed by atoms with E-state index in [2.05, 4.69) is 15.3 Å². The quantitative estimate of drug-likeness (QED) is 0.299. The number of nitrogens with zero attached hydrogens (tertiary/aromatic N) is 2. The topological polar surface area (TPSA) is 117 Å². The summed E-state index contributed by atoms with van der Waals surface area (Å²) in [7, 11) is 3.44. The van der Waals surface area contributed by atoms with Crippen molar-refractivity contribution >= 4 is 27.8 Å². The molecule has 0 saturated carbocycles. The number of imidazole rings is 2. The van der Waals surface area contributed by atoms with Crippen LogP contribution in [0.5, 0.6) is 5.75 Å². The Bertz CT molecular complexity index is 1590. The molecule has 174 valence electrons. The van der Waals surface area contributed by atoms with Crippen LogP contribution in [0.25, 0.3) is 22.1 Å². The summed E-state index contributed by atoms with van der Waals surface area (Å²) in [6, 6.07) is 18.8. The van der Waals surface area contributed by atoms with E-state index in [1.807, 2.05) is 60.7 Å². The van der Waals surface area contributed by atoms with E-state index >= 15 is 0 Å². The van der Waals surface area contributed by atoms with Gasteiger partial charge in [-0.3, -0.25) is 9.13 Å². The molecule has 0 amide bonds. The van der Waals surface area contributed by atoms with Crippen molar-refractivity contribution in [3.8, 4) is 5.75 Å². The molecule has 0 bridgehead atoms. The summed E-state index contributed by atoms with van der Waals surface area (Å²) < 4.78 is 8.93. The summed E-state index contributed by atoms with van der Waals surface area (Å²) in [4.78, 5) is 29.0. The second kappa shape index (κ2) is 8.60. The van der Waals surface area contributed by atoms with Crippen LogP contribution in [0.1, 0.15) is 17.2 Å². The highest BCUT2D eigenvalue weighted by molar-refractivity contribution is 5.79. The first-order valence-electron chi connectivity index (χ1n) is 10.9. The number of aliphatic hydroxyl groups is 1. The number of benzene rings is 3. The second-order valence-electron chi connectivity index (χ2n) is 8.31. The number of aromatic amines is 2. The standard InChI is InChI=1S/C25H25N5O4/c1-29-21-10-5-16(11-22(21)30(2)25(29)33)23(31)14-34-18-7-3-15(4-8-18)13-26-17-6-9-19-20(12-17)28-24(32)27-19/h3-12,23,26,31H,13-14H2,1-2H3,(H2,27,28,32). The second-order valence-corrected chi connectivity index (χ2v) is 8.31. The Balaban J connectivity index is 1.19. The predicted molar refractivity (Wildman–Crippen MR) is 131 cm³/mol. The van der Waals surface area contributed by atoms with E-state index < -0.39 is 6.10 Å². The number of ether oxygens (including phenoxy) is 1. The first-order valence-corrected chi connectivity index (χ1v) is 10.9. The third-order valence-corrected chi connectivity index (χ3v) is 6.02. The number of rotatable bonds is 7. The highest BCUT2D eigenvalue weighted by atomic mass is 16.5. The van der Waals surface area contributed by atoms with Gasteiger partial charge in [0.05, 0.1) is 22.1 Å². The van der Waals surface area contributed by atoms with Crippen molar-refractivity contribution in [3.63, 3.8) is 0 Å². The van der Waals surface area contributed by atoms with E-state index in [1.54, 1.807) is 23.2 Å². The van der Waals surface area contributed by atoms with Gasteiger partial charge in [0, 0.05) is 26.3 Å². The third kappa shape index (κ3) is 4.08. The average molecular weight is 460 g/mol. The molecule has 5 aromatic rings. The van der Waals surface area contributed by atoms with E-state index in [0.29, 0.717) is 17.9 Å². The van der Waals surface area contributed by atoms with Gasteiger partial charge in [0.1, 0.15) is 18.5 Å². The summed E-state index contributed by atoms with van der Waals surface area (Å²) in [5.41, 5.74) is 5.43. The van der Waals surface area contributed by atoms with E-state index in [1.165, 1.54) is 0 Å². The lowest BCUT2D eigenvalue weighted by Gasteiger charge is -2.14. The van der Waals surface area contributed by atoms with Crippen LogP contribution in [-0.4, -0.2) is 30.8 Å². The van der Waals surface area contributed by atoms with Crippen molar-refractivity contribution in [2.45, 2.75) is 12.6 Å². The van der Waals surface area contributed by atoms with E-state index in [4.69, 9.17) is 4.74 Å². The number of H-pyrrole nitrogens is 2. The zero-order valence-corrected chi connectivity index (χ0v) is 18.8. The molecule has 3 aromatic carbocycles. The minimum Gasteiger partial charge on any atom is -0.491 e. The highest BCUT2D eigenvalue weighted by Crippen LogP contribution is 2.22. The van der Waals surface area contributed by atoms with Crippen LogP contribution in [0, 0.1) is 0 Å². The molecule has 0 radical (unpaired) electrons. The Morgan fingerprint density at radius 1 is 0.912 bits per heavy atom. The normalized spacial score (nSPS) is 12.3. The third-order valence-electron chi connectivity index (χ3n) is 6.02. The maximum absolute atomic E-state index is 12.1.